The summed E-state index contributed by atoms with van der Waals surface area (Å²) in [5.41, 5.74) is 0.775. The summed E-state index contributed by atoms with van der Waals surface area (Å²) in [6, 6.07) is 12.5. The van der Waals surface area contributed by atoms with E-state index in [9.17, 15) is 9.90 Å². The van der Waals surface area contributed by atoms with Crippen LogP contribution < -0.4 is 4.90 Å². The summed E-state index contributed by atoms with van der Waals surface area (Å²) in [6.07, 6.45) is 1.57. The van der Waals surface area contributed by atoms with Crippen molar-refractivity contribution in [3.8, 4) is 11.8 Å². The molecule has 6 heteroatoms. The molecule has 0 radical (unpaired) electrons. The molecule has 3 rings (SSSR count). The molecule has 0 spiro atoms. The van der Waals surface area contributed by atoms with Gasteiger partial charge in [-0.2, -0.15) is 5.26 Å². The molecule has 1 fully saturated rings. The van der Waals surface area contributed by atoms with Crippen LogP contribution in [0.1, 0.15) is 25.0 Å². The van der Waals surface area contributed by atoms with Gasteiger partial charge < -0.3 is 14.9 Å². The molecule has 0 aliphatic carbocycles. The fourth-order valence-electron chi connectivity index (χ4n) is 3.17. The molecule has 6 nitrogen and oxygen atoms in total. The number of nitriles is 1. The maximum Gasteiger partial charge on any atom is 0.232 e. The Morgan fingerprint density at radius 2 is 1.77 bits per heavy atom. The minimum Gasteiger partial charge on any atom is -0.508 e. The van der Waals surface area contributed by atoms with Crippen molar-refractivity contribution in [2.75, 3.05) is 31.1 Å². The number of phenolic OH excluding ortho intramolecular Hbond substituents is 1. The van der Waals surface area contributed by atoms with Gasteiger partial charge in [-0.15, -0.1) is 0 Å². The van der Waals surface area contributed by atoms with E-state index >= 15 is 0 Å². The van der Waals surface area contributed by atoms with E-state index in [1.54, 1.807) is 36.5 Å². The summed E-state index contributed by atoms with van der Waals surface area (Å²) in [7, 11) is 0. The Morgan fingerprint density at radius 1 is 1.12 bits per heavy atom. The third-order valence-corrected chi connectivity index (χ3v) is 4.89. The highest BCUT2D eigenvalue weighted by molar-refractivity contribution is 5.87. The van der Waals surface area contributed by atoms with Crippen molar-refractivity contribution >= 4 is 11.7 Å². The molecule has 0 unspecified atom stereocenters. The highest BCUT2D eigenvalue weighted by Gasteiger charge is 2.35. The average Bonchev–Trinajstić information content (AvgIpc) is 2.68. The number of anilines is 1. The molecule has 2 aromatic rings. The molecule has 0 atom stereocenters. The Morgan fingerprint density at radius 3 is 2.31 bits per heavy atom. The van der Waals surface area contributed by atoms with Crippen LogP contribution in [-0.2, 0) is 10.2 Å². The molecule has 0 bridgehead atoms. The lowest BCUT2D eigenvalue weighted by Gasteiger charge is -2.39. The van der Waals surface area contributed by atoms with Gasteiger partial charge in [-0.1, -0.05) is 12.1 Å². The second-order valence-electron chi connectivity index (χ2n) is 6.97. The van der Waals surface area contributed by atoms with Crippen molar-refractivity contribution in [3.05, 3.63) is 53.7 Å². The van der Waals surface area contributed by atoms with Gasteiger partial charge in [0.1, 0.15) is 17.6 Å². The van der Waals surface area contributed by atoms with Gasteiger partial charge >= 0.3 is 0 Å². The first-order valence-corrected chi connectivity index (χ1v) is 8.62. The van der Waals surface area contributed by atoms with Crippen molar-refractivity contribution in [3.63, 3.8) is 0 Å². The van der Waals surface area contributed by atoms with Crippen molar-refractivity contribution < 1.29 is 9.90 Å². The number of aromatic nitrogens is 1. The van der Waals surface area contributed by atoms with E-state index in [0.29, 0.717) is 31.7 Å². The number of nitrogens with zero attached hydrogens (tertiary/aromatic N) is 4. The third-order valence-electron chi connectivity index (χ3n) is 4.89. The zero-order valence-electron chi connectivity index (χ0n) is 15.0. The lowest BCUT2D eigenvalue weighted by molar-refractivity contribution is -0.136. The van der Waals surface area contributed by atoms with E-state index in [4.69, 9.17) is 5.26 Å². The van der Waals surface area contributed by atoms with Crippen LogP contribution in [0.2, 0.25) is 0 Å². The van der Waals surface area contributed by atoms with E-state index < -0.39 is 5.41 Å². The Labute approximate surface area is 153 Å². The Bertz CT molecular complexity index is 814. The van der Waals surface area contributed by atoms with Crippen LogP contribution in [0.25, 0.3) is 0 Å². The largest absolute Gasteiger partial charge is 0.508 e. The zero-order chi connectivity index (χ0) is 18.7. The molecule has 1 aromatic carbocycles. The van der Waals surface area contributed by atoms with Crippen molar-refractivity contribution in [1.29, 1.82) is 5.26 Å². The molecule has 1 N–H and O–H groups in total. The van der Waals surface area contributed by atoms with Crippen LogP contribution >= 0.6 is 0 Å². The number of carbonyl (C=O) groups excluding carboxylic acids is 1. The topological polar surface area (TPSA) is 80.5 Å². The normalized spacial score (nSPS) is 14.8. The average molecular weight is 350 g/mol. The van der Waals surface area contributed by atoms with Crippen molar-refractivity contribution in [2.45, 2.75) is 19.3 Å². The number of phenols is 1. The number of hydrogen-bond acceptors (Lipinski definition) is 5. The van der Waals surface area contributed by atoms with E-state index in [1.165, 1.54) is 0 Å². The van der Waals surface area contributed by atoms with Crippen LogP contribution in [0.3, 0.4) is 0 Å². The highest BCUT2D eigenvalue weighted by atomic mass is 16.3. The Balaban J connectivity index is 1.66. The predicted octanol–water partition coefficient (Wildman–Crippen LogP) is 2.29. The number of aromatic hydroxyl groups is 1. The lowest BCUT2D eigenvalue weighted by Crippen LogP contribution is -2.53. The van der Waals surface area contributed by atoms with E-state index in [-0.39, 0.29) is 11.7 Å². The minimum absolute atomic E-state index is 0.0793. The van der Waals surface area contributed by atoms with Gasteiger partial charge in [0.25, 0.3) is 0 Å². The molecular weight excluding hydrogens is 328 g/mol. The molecule has 0 saturated carbocycles. The number of pyridine rings is 1. The second kappa shape index (κ2) is 7.04. The van der Waals surface area contributed by atoms with Gasteiger partial charge in [-0.3, -0.25) is 4.79 Å². The van der Waals surface area contributed by atoms with Gasteiger partial charge in [0.15, 0.2) is 0 Å². The standard InChI is InChI=1S/C20H22N4O2/c1-20(2,16-4-6-17(25)7-5-16)19(26)24-11-9-23(10-12-24)18-8-3-15(13-21)14-22-18/h3-8,14,25H,9-12H2,1-2H3. The quantitative estimate of drug-likeness (QED) is 0.919. The summed E-state index contributed by atoms with van der Waals surface area (Å²) >= 11 is 0. The van der Waals surface area contributed by atoms with E-state index in [0.717, 1.165) is 11.4 Å². The molecular formula is C20H22N4O2. The SMILES string of the molecule is CC(C)(C(=O)N1CCN(c2ccc(C#N)cn2)CC1)c1ccc(O)cc1. The zero-order valence-corrected chi connectivity index (χ0v) is 15.0. The first kappa shape index (κ1) is 17.7. The first-order valence-electron chi connectivity index (χ1n) is 8.62. The maximum atomic E-state index is 13.0. The molecule has 2 heterocycles. The maximum absolute atomic E-state index is 13.0. The lowest BCUT2D eigenvalue weighted by atomic mass is 9.83. The fraction of sp³-hybridized carbons (Fsp3) is 0.350. The fourth-order valence-corrected chi connectivity index (χ4v) is 3.17. The second-order valence-corrected chi connectivity index (χ2v) is 6.97. The van der Waals surface area contributed by atoms with Crippen LogP contribution in [-0.4, -0.2) is 47.1 Å². The molecule has 1 aromatic heterocycles. The number of rotatable bonds is 3. The monoisotopic (exact) mass is 350 g/mol. The summed E-state index contributed by atoms with van der Waals surface area (Å²) < 4.78 is 0. The molecule has 1 saturated heterocycles. The summed E-state index contributed by atoms with van der Waals surface area (Å²) in [6.45, 7) is 6.49. The van der Waals surface area contributed by atoms with Crippen LogP contribution in [0.15, 0.2) is 42.6 Å². The van der Waals surface area contributed by atoms with Crippen LogP contribution in [0.5, 0.6) is 5.75 Å². The van der Waals surface area contributed by atoms with Gasteiger partial charge in [-0.25, -0.2) is 4.98 Å². The van der Waals surface area contributed by atoms with Gasteiger partial charge in [0.05, 0.1) is 11.0 Å². The summed E-state index contributed by atoms with van der Waals surface area (Å²) in [5, 5.41) is 18.3. The predicted molar refractivity (Wildman–Crippen MR) is 98.9 cm³/mol. The van der Waals surface area contributed by atoms with Crippen LogP contribution in [0, 0.1) is 11.3 Å². The number of carbonyl (C=O) groups is 1. The molecule has 26 heavy (non-hydrogen) atoms. The third kappa shape index (κ3) is 3.47. The molecule has 1 aliphatic heterocycles. The number of benzene rings is 1. The molecule has 1 aliphatic rings. The van der Waals surface area contributed by atoms with Gasteiger partial charge in [0, 0.05) is 32.4 Å². The van der Waals surface area contributed by atoms with E-state index in [2.05, 4.69) is 16.0 Å². The van der Waals surface area contributed by atoms with Crippen molar-refractivity contribution in [1.82, 2.24) is 9.88 Å². The highest BCUT2D eigenvalue weighted by Crippen LogP contribution is 2.28. The van der Waals surface area contributed by atoms with E-state index in [1.807, 2.05) is 24.8 Å². The van der Waals surface area contributed by atoms with Crippen molar-refractivity contribution in [2.24, 2.45) is 0 Å². The smallest absolute Gasteiger partial charge is 0.232 e. The number of amides is 1. The summed E-state index contributed by atoms with van der Waals surface area (Å²) in [5.74, 6) is 1.10. The number of hydrogen-bond donors (Lipinski definition) is 1. The summed E-state index contributed by atoms with van der Waals surface area (Å²) in [4.78, 5) is 21.4. The number of piperazine rings is 1. The van der Waals surface area contributed by atoms with Gasteiger partial charge in [-0.05, 0) is 43.7 Å². The first-order chi connectivity index (χ1) is 12.4. The van der Waals surface area contributed by atoms with Gasteiger partial charge in [0.2, 0.25) is 5.91 Å². The minimum atomic E-state index is -0.650. The molecule has 134 valence electrons. The Hall–Kier alpha value is -3.07. The van der Waals surface area contributed by atoms with Crippen LogP contribution in [0.4, 0.5) is 5.82 Å². The Kier molecular flexibility index (Phi) is 4.81. The molecule has 1 amide bonds.